The first-order valence-electron chi connectivity index (χ1n) is 25.7. The van der Waals surface area contributed by atoms with Crippen LogP contribution in [0.4, 0.5) is 17.1 Å². The molecule has 0 bridgehead atoms. The molecular formula is C72H46N2O. The van der Waals surface area contributed by atoms with Gasteiger partial charge in [0.25, 0.3) is 0 Å². The van der Waals surface area contributed by atoms with E-state index >= 15 is 0 Å². The summed E-state index contributed by atoms with van der Waals surface area (Å²) in [4.78, 5) is 2.43. The lowest BCUT2D eigenvalue weighted by molar-refractivity contribution is 0.673. The van der Waals surface area contributed by atoms with Gasteiger partial charge in [0.05, 0.1) is 16.7 Å². The first kappa shape index (κ1) is 42.7. The Morgan fingerprint density at radius 2 is 0.867 bits per heavy atom. The summed E-state index contributed by atoms with van der Waals surface area (Å²) in [7, 11) is 0. The summed E-state index contributed by atoms with van der Waals surface area (Å²) in [5.41, 5.74) is 17.6. The zero-order chi connectivity index (χ0) is 49.4. The fraction of sp³-hybridized carbons (Fsp3) is 0. The minimum atomic E-state index is 0.878. The van der Waals surface area contributed by atoms with E-state index in [4.69, 9.17) is 4.42 Å². The van der Waals surface area contributed by atoms with Crippen LogP contribution in [0.15, 0.2) is 283 Å². The maximum absolute atomic E-state index is 6.70. The van der Waals surface area contributed by atoms with Gasteiger partial charge in [0.1, 0.15) is 11.2 Å². The fourth-order valence-electron chi connectivity index (χ4n) is 11.8. The van der Waals surface area contributed by atoms with E-state index in [1.54, 1.807) is 0 Å². The highest BCUT2D eigenvalue weighted by atomic mass is 16.3. The molecule has 3 nitrogen and oxygen atoms in total. The van der Waals surface area contributed by atoms with Gasteiger partial charge in [-0.15, -0.1) is 0 Å². The molecule has 0 saturated heterocycles. The molecule has 2 aromatic heterocycles. The van der Waals surface area contributed by atoms with Crippen molar-refractivity contribution in [3.63, 3.8) is 0 Å². The van der Waals surface area contributed by atoms with Crippen LogP contribution in [-0.4, -0.2) is 4.57 Å². The lowest BCUT2D eigenvalue weighted by Crippen LogP contribution is -2.11. The lowest BCUT2D eigenvalue weighted by Gasteiger charge is -2.29. The van der Waals surface area contributed by atoms with E-state index in [-0.39, 0.29) is 0 Å². The van der Waals surface area contributed by atoms with Crippen LogP contribution >= 0.6 is 0 Å². The summed E-state index contributed by atoms with van der Waals surface area (Å²) < 4.78 is 9.09. The van der Waals surface area contributed by atoms with Crippen molar-refractivity contribution < 1.29 is 4.42 Å². The van der Waals surface area contributed by atoms with Crippen LogP contribution in [-0.2, 0) is 0 Å². The van der Waals surface area contributed by atoms with Crippen molar-refractivity contribution in [2.75, 3.05) is 4.90 Å². The molecule has 0 aliphatic heterocycles. The molecule has 0 saturated carbocycles. The third kappa shape index (κ3) is 7.12. The SMILES string of the molecule is c1ccc(-c2cc(-c3ccc4c(ccc5ccccc54)c3)ccc2N(c2ccc(-c3cccc(-n4c5ccccc5c5ccccc54)c3)cc2)c2cccc(-c3cccc4oc5c6ccccc6ccc5c34)c2)cc1. The number of anilines is 3. The monoisotopic (exact) mass is 954 g/mol. The molecule has 0 aliphatic rings. The van der Waals surface area contributed by atoms with Crippen molar-refractivity contribution in [2.45, 2.75) is 0 Å². The highest BCUT2D eigenvalue weighted by Crippen LogP contribution is 2.46. The van der Waals surface area contributed by atoms with Gasteiger partial charge in [0.2, 0.25) is 0 Å². The first-order chi connectivity index (χ1) is 37.2. The van der Waals surface area contributed by atoms with E-state index in [1.807, 2.05) is 0 Å². The van der Waals surface area contributed by atoms with Gasteiger partial charge in [0.15, 0.2) is 0 Å². The summed E-state index contributed by atoms with van der Waals surface area (Å²) >= 11 is 0. The summed E-state index contributed by atoms with van der Waals surface area (Å²) in [6.07, 6.45) is 0. The first-order valence-corrected chi connectivity index (χ1v) is 25.7. The largest absolute Gasteiger partial charge is 0.455 e. The maximum Gasteiger partial charge on any atom is 0.143 e. The van der Waals surface area contributed by atoms with Crippen LogP contribution in [0.2, 0.25) is 0 Å². The Hall–Kier alpha value is -9.96. The second kappa shape index (κ2) is 17.4. The predicted molar refractivity (Wildman–Crippen MR) is 317 cm³/mol. The lowest BCUT2D eigenvalue weighted by atomic mass is 9.93. The summed E-state index contributed by atoms with van der Waals surface area (Å²) in [6, 6.07) is 102. The van der Waals surface area contributed by atoms with Crippen molar-refractivity contribution in [3.8, 4) is 50.2 Å². The van der Waals surface area contributed by atoms with Crippen molar-refractivity contribution in [1.29, 1.82) is 0 Å². The number of para-hydroxylation sites is 2. The van der Waals surface area contributed by atoms with E-state index < -0.39 is 0 Å². The van der Waals surface area contributed by atoms with Crippen molar-refractivity contribution >= 4 is 93.1 Å². The van der Waals surface area contributed by atoms with Gasteiger partial charge in [-0.05, 0) is 145 Å². The second-order valence-electron chi connectivity index (χ2n) is 19.6. The molecule has 0 N–H and O–H groups in total. The van der Waals surface area contributed by atoms with Crippen LogP contribution in [0.25, 0.3) is 126 Å². The Kier molecular flexibility index (Phi) is 9.89. The minimum Gasteiger partial charge on any atom is -0.455 e. The van der Waals surface area contributed by atoms with Crippen LogP contribution in [0.5, 0.6) is 0 Å². The van der Waals surface area contributed by atoms with E-state index in [9.17, 15) is 0 Å². The molecule has 0 atom stereocenters. The molecule has 13 aromatic carbocycles. The smallest absolute Gasteiger partial charge is 0.143 e. The van der Waals surface area contributed by atoms with Crippen LogP contribution in [0.1, 0.15) is 0 Å². The Morgan fingerprint density at radius 1 is 0.293 bits per heavy atom. The van der Waals surface area contributed by atoms with Gasteiger partial charge >= 0.3 is 0 Å². The van der Waals surface area contributed by atoms with Gasteiger partial charge in [-0.2, -0.15) is 0 Å². The van der Waals surface area contributed by atoms with Gasteiger partial charge in [-0.3, -0.25) is 0 Å². The van der Waals surface area contributed by atoms with Crippen LogP contribution < -0.4 is 4.90 Å². The highest BCUT2D eigenvalue weighted by molar-refractivity contribution is 6.19. The molecule has 15 aromatic rings. The molecule has 0 aliphatic carbocycles. The number of rotatable bonds is 8. The number of hydrogen-bond acceptors (Lipinski definition) is 2. The molecule has 15 rings (SSSR count). The van der Waals surface area contributed by atoms with Gasteiger partial charge in [-0.1, -0.05) is 200 Å². The predicted octanol–water partition coefficient (Wildman–Crippen LogP) is 20.3. The Morgan fingerprint density at radius 3 is 1.68 bits per heavy atom. The summed E-state index contributed by atoms with van der Waals surface area (Å²) in [5.74, 6) is 0. The number of aromatic nitrogens is 1. The summed E-state index contributed by atoms with van der Waals surface area (Å²) in [5, 5.41) is 12.0. The number of furan rings is 1. The molecule has 350 valence electrons. The molecule has 75 heavy (non-hydrogen) atoms. The number of fused-ring (bicyclic) bond motifs is 11. The van der Waals surface area contributed by atoms with Crippen LogP contribution in [0.3, 0.4) is 0 Å². The van der Waals surface area contributed by atoms with Crippen molar-refractivity contribution in [1.82, 2.24) is 4.57 Å². The Labute approximate surface area is 434 Å². The fourth-order valence-corrected chi connectivity index (χ4v) is 11.8. The van der Waals surface area contributed by atoms with Crippen LogP contribution in [0, 0.1) is 0 Å². The molecule has 0 fully saturated rings. The van der Waals surface area contributed by atoms with E-state index in [1.165, 1.54) is 54.3 Å². The topological polar surface area (TPSA) is 21.3 Å². The third-order valence-corrected chi connectivity index (χ3v) is 15.3. The van der Waals surface area contributed by atoms with Gasteiger partial charge in [0, 0.05) is 49.6 Å². The van der Waals surface area contributed by atoms with E-state index in [2.05, 4.69) is 289 Å². The van der Waals surface area contributed by atoms with Crippen molar-refractivity contribution in [3.05, 3.63) is 279 Å². The number of benzene rings is 13. The number of nitrogens with zero attached hydrogens (tertiary/aromatic N) is 2. The van der Waals surface area contributed by atoms with E-state index in [0.29, 0.717) is 0 Å². The molecule has 2 heterocycles. The zero-order valence-corrected chi connectivity index (χ0v) is 40.9. The molecule has 0 unspecified atom stereocenters. The Balaban J connectivity index is 0.894. The van der Waals surface area contributed by atoms with Gasteiger partial charge < -0.3 is 13.9 Å². The molecular weight excluding hydrogens is 909 g/mol. The average Bonchev–Trinajstić information content (AvgIpc) is 4.05. The minimum absolute atomic E-state index is 0.878. The quantitative estimate of drug-likeness (QED) is 0.142. The van der Waals surface area contributed by atoms with Gasteiger partial charge in [-0.25, -0.2) is 0 Å². The van der Waals surface area contributed by atoms with E-state index in [0.717, 1.165) is 89.0 Å². The third-order valence-electron chi connectivity index (χ3n) is 15.3. The molecule has 0 radical (unpaired) electrons. The Bertz CT molecular complexity index is 4660. The highest BCUT2D eigenvalue weighted by Gasteiger charge is 2.22. The summed E-state index contributed by atoms with van der Waals surface area (Å²) in [6.45, 7) is 0. The second-order valence-corrected chi connectivity index (χ2v) is 19.6. The maximum atomic E-state index is 6.70. The van der Waals surface area contributed by atoms with Crippen molar-refractivity contribution in [2.24, 2.45) is 0 Å². The normalized spacial score (nSPS) is 11.7. The standard InChI is InChI=1S/C72H46N2O/c1-2-15-48(16-3-1)66-46-53(52-36-40-60-55(43-52)32-31-49-17-4-6-23-59(49)60)37-42-69(66)73(57-21-13-20-54(45-57)61-27-14-30-70-71(61)65-41-35-50-18-5-7-24-62(50)72(65)75-70)56-38-33-47(34-39-56)51-19-12-22-58(44-51)74-67-28-10-8-25-63(67)64-26-9-11-29-68(64)74/h1-46H. The molecule has 0 spiro atoms. The number of hydrogen-bond donors (Lipinski definition) is 0. The molecule has 3 heteroatoms. The molecule has 0 amide bonds. The zero-order valence-electron chi connectivity index (χ0n) is 40.9. The average molecular weight is 955 g/mol.